The Hall–Kier alpha value is -2.30. The first-order valence-corrected chi connectivity index (χ1v) is 6.55. The Morgan fingerprint density at radius 1 is 1.35 bits per heavy atom. The highest BCUT2D eigenvalue weighted by Gasteiger charge is 2.07. The van der Waals surface area contributed by atoms with Gasteiger partial charge >= 0.3 is 5.97 Å². The van der Waals surface area contributed by atoms with Crippen molar-refractivity contribution in [3.05, 3.63) is 48.0 Å². The van der Waals surface area contributed by atoms with E-state index in [1.165, 1.54) is 12.1 Å². The van der Waals surface area contributed by atoms with E-state index in [0.29, 0.717) is 24.8 Å². The lowest BCUT2D eigenvalue weighted by atomic mass is 10.2. The summed E-state index contributed by atoms with van der Waals surface area (Å²) in [5.74, 6) is 1.15. The number of hydrogen-bond donors (Lipinski definition) is 1. The van der Waals surface area contributed by atoms with Gasteiger partial charge in [-0.15, -0.1) is 0 Å². The zero-order chi connectivity index (χ0) is 14.5. The Morgan fingerprint density at radius 2 is 2.05 bits per heavy atom. The molecule has 0 bridgehead atoms. The van der Waals surface area contributed by atoms with Gasteiger partial charge in [0.1, 0.15) is 18.2 Å². The molecule has 1 aromatic carbocycles. The third kappa shape index (κ3) is 3.38. The molecule has 0 radical (unpaired) electrons. The maximum Gasteiger partial charge on any atom is 0.335 e. The molecule has 0 spiro atoms. The Balaban J connectivity index is 1.89. The van der Waals surface area contributed by atoms with Gasteiger partial charge in [0.25, 0.3) is 0 Å². The zero-order valence-corrected chi connectivity index (χ0v) is 11.6. The van der Waals surface area contributed by atoms with E-state index in [-0.39, 0.29) is 5.56 Å². The molecule has 0 saturated heterocycles. The Kier molecular flexibility index (Phi) is 4.40. The lowest BCUT2D eigenvalue weighted by molar-refractivity contribution is 0.0697. The molecule has 0 aliphatic carbocycles. The van der Waals surface area contributed by atoms with Crippen molar-refractivity contribution in [3.8, 4) is 5.75 Å². The van der Waals surface area contributed by atoms with Crippen LogP contribution in [0, 0.1) is 0 Å². The minimum Gasteiger partial charge on any atom is -0.492 e. The minimum atomic E-state index is -0.934. The third-order valence-electron chi connectivity index (χ3n) is 2.97. The number of aromatic nitrogens is 2. The molecule has 0 saturated carbocycles. The zero-order valence-electron chi connectivity index (χ0n) is 11.6. The summed E-state index contributed by atoms with van der Waals surface area (Å²) in [6.07, 6.45) is 3.73. The minimum absolute atomic E-state index is 0.258. The summed E-state index contributed by atoms with van der Waals surface area (Å²) in [6, 6.07) is 6.41. The molecule has 0 atom stereocenters. The number of ether oxygens (including phenoxy) is 1. The van der Waals surface area contributed by atoms with Crippen LogP contribution < -0.4 is 4.74 Å². The van der Waals surface area contributed by atoms with E-state index in [1.54, 1.807) is 18.3 Å². The van der Waals surface area contributed by atoms with Crippen LogP contribution in [-0.4, -0.2) is 27.2 Å². The number of benzene rings is 1. The van der Waals surface area contributed by atoms with Gasteiger partial charge in [-0.05, 0) is 24.3 Å². The van der Waals surface area contributed by atoms with E-state index < -0.39 is 5.97 Å². The molecule has 5 heteroatoms. The molecule has 0 aliphatic heterocycles. The number of aromatic carboxylic acids is 1. The monoisotopic (exact) mass is 274 g/mol. The van der Waals surface area contributed by atoms with Crippen LogP contribution >= 0.6 is 0 Å². The van der Waals surface area contributed by atoms with Crippen LogP contribution in [0.1, 0.15) is 35.9 Å². The van der Waals surface area contributed by atoms with Crippen LogP contribution in [0.25, 0.3) is 0 Å². The maximum absolute atomic E-state index is 10.7. The molecule has 2 aromatic rings. The first-order chi connectivity index (χ1) is 9.58. The summed E-state index contributed by atoms with van der Waals surface area (Å²) < 4.78 is 7.67. The van der Waals surface area contributed by atoms with Gasteiger partial charge in [-0.1, -0.05) is 13.8 Å². The second kappa shape index (κ2) is 6.23. The SMILES string of the molecule is CC(C)c1nccn1CCOc1ccc(C(=O)O)cc1. The standard InChI is InChI=1S/C15H18N2O3/c1-11(2)14-16-7-8-17(14)9-10-20-13-5-3-12(4-6-13)15(18)19/h3-8,11H,9-10H2,1-2H3,(H,18,19). The topological polar surface area (TPSA) is 64.4 Å². The van der Waals surface area contributed by atoms with Gasteiger partial charge < -0.3 is 14.4 Å². The third-order valence-corrected chi connectivity index (χ3v) is 2.97. The van der Waals surface area contributed by atoms with Crippen LogP contribution in [0.5, 0.6) is 5.75 Å². The number of rotatable bonds is 6. The van der Waals surface area contributed by atoms with E-state index in [4.69, 9.17) is 9.84 Å². The van der Waals surface area contributed by atoms with Crippen molar-refractivity contribution in [2.45, 2.75) is 26.3 Å². The lowest BCUT2D eigenvalue weighted by Crippen LogP contribution is -2.11. The fourth-order valence-corrected chi connectivity index (χ4v) is 1.97. The van der Waals surface area contributed by atoms with Crippen molar-refractivity contribution in [1.82, 2.24) is 9.55 Å². The first-order valence-electron chi connectivity index (χ1n) is 6.55. The average molecular weight is 274 g/mol. The molecule has 0 unspecified atom stereocenters. The summed E-state index contributed by atoms with van der Waals surface area (Å²) in [4.78, 5) is 15.0. The van der Waals surface area contributed by atoms with Gasteiger partial charge in [0, 0.05) is 18.3 Å². The summed E-state index contributed by atoms with van der Waals surface area (Å²) in [5, 5.41) is 8.81. The predicted molar refractivity (Wildman–Crippen MR) is 75.2 cm³/mol. The number of carbonyl (C=O) groups is 1. The van der Waals surface area contributed by atoms with Crippen molar-refractivity contribution >= 4 is 5.97 Å². The van der Waals surface area contributed by atoms with Crippen LogP contribution in [0.3, 0.4) is 0 Å². The quantitative estimate of drug-likeness (QED) is 0.879. The maximum atomic E-state index is 10.7. The molecule has 1 aromatic heterocycles. The number of hydrogen-bond acceptors (Lipinski definition) is 3. The number of carboxylic acids is 1. The van der Waals surface area contributed by atoms with E-state index in [1.807, 2.05) is 6.20 Å². The molecule has 0 fully saturated rings. The average Bonchev–Trinajstić information content (AvgIpc) is 2.88. The molecule has 5 nitrogen and oxygen atoms in total. The highest BCUT2D eigenvalue weighted by Crippen LogP contribution is 2.14. The normalized spacial score (nSPS) is 10.8. The van der Waals surface area contributed by atoms with Gasteiger partial charge in [0.05, 0.1) is 12.1 Å². The van der Waals surface area contributed by atoms with Gasteiger partial charge in [-0.3, -0.25) is 0 Å². The second-order valence-corrected chi connectivity index (χ2v) is 4.81. The summed E-state index contributed by atoms with van der Waals surface area (Å²) in [7, 11) is 0. The summed E-state index contributed by atoms with van der Waals surface area (Å²) in [5.41, 5.74) is 0.258. The molecule has 0 aliphatic rings. The Bertz CT molecular complexity index is 573. The largest absolute Gasteiger partial charge is 0.492 e. The van der Waals surface area contributed by atoms with Crippen molar-refractivity contribution in [2.75, 3.05) is 6.61 Å². The van der Waals surface area contributed by atoms with Crippen molar-refractivity contribution < 1.29 is 14.6 Å². The van der Waals surface area contributed by atoms with Crippen LogP contribution in [0.2, 0.25) is 0 Å². The van der Waals surface area contributed by atoms with Gasteiger partial charge in [-0.2, -0.15) is 0 Å². The smallest absolute Gasteiger partial charge is 0.335 e. The lowest BCUT2D eigenvalue weighted by Gasteiger charge is -2.11. The highest BCUT2D eigenvalue weighted by molar-refractivity contribution is 5.87. The fourth-order valence-electron chi connectivity index (χ4n) is 1.97. The molecule has 0 amide bonds. The van der Waals surface area contributed by atoms with E-state index in [2.05, 4.69) is 23.4 Å². The number of imidazole rings is 1. The molecule has 1 heterocycles. The molecular weight excluding hydrogens is 256 g/mol. The fraction of sp³-hybridized carbons (Fsp3) is 0.333. The van der Waals surface area contributed by atoms with Gasteiger partial charge in [0.15, 0.2) is 0 Å². The van der Waals surface area contributed by atoms with Crippen molar-refractivity contribution in [3.63, 3.8) is 0 Å². The van der Waals surface area contributed by atoms with Gasteiger partial charge in [0.2, 0.25) is 0 Å². The molecule has 106 valence electrons. The van der Waals surface area contributed by atoms with Crippen LogP contribution in [0.4, 0.5) is 0 Å². The second-order valence-electron chi connectivity index (χ2n) is 4.81. The highest BCUT2D eigenvalue weighted by atomic mass is 16.5. The number of carboxylic acid groups (broad SMARTS) is 1. The van der Waals surface area contributed by atoms with E-state index in [0.717, 1.165) is 5.82 Å². The van der Waals surface area contributed by atoms with Crippen molar-refractivity contribution in [1.29, 1.82) is 0 Å². The predicted octanol–water partition coefficient (Wildman–Crippen LogP) is 2.78. The molecule has 2 rings (SSSR count). The Labute approximate surface area is 117 Å². The van der Waals surface area contributed by atoms with E-state index in [9.17, 15) is 4.79 Å². The van der Waals surface area contributed by atoms with Gasteiger partial charge in [-0.25, -0.2) is 9.78 Å². The molecule has 1 N–H and O–H groups in total. The summed E-state index contributed by atoms with van der Waals surface area (Å²) >= 11 is 0. The Morgan fingerprint density at radius 3 is 2.65 bits per heavy atom. The van der Waals surface area contributed by atoms with Crippen LogP contribution in [0.15, 0.2) is 36.7 Å². The van der Waals surface area contributed by atoms with E-state index >= 15 is 0 Å². The van der Waals surface area contributed by atoms with Crippen molar-refractivity contribution in [2.24, 2.45) is 0 Å². The molecule has 20 heavy (non-hydrogen) atoms. The molecular formula is C15H18N2O3. The number of nitrogens with zero attached hydrogens (tertiary/aromatic N) is 2. The first kappa shape index (κ1) is 14.1. The summed E-state index contributed by atoms with van der Waals surface area (Å²) in [6.45, 7) is 5.44. The van der Waals surface area contributed by atoms with Crippen LogP contribution in [-0.2, 0) is 6.54 Å².